The smallest absolute Gasteiger partial charge is 0.239 e. The lowest BCUT2D eigenvalue weighted by Gasteiger charge is -2.22. The van der Waals surface area contributed by atoms with Crippen LogP contribution in [-0.2, 0) is 11.3 Å². The number of carbonyl (C=O) groups is 1. The van der Waals surface area contributed by atoms with Gasteiger partial charge < -0.3 is 20.1 Å². The maximum atomic E-state index is 12.1. The van der Waals surface area contributed by atoms with Gasteiger partial charge in [0.2, 0.25) is 5.91 Å². The summed E-state index contributed by atoms with van der Waals surface area (Å²) in [6.45, 7) is 2.48. The van der Waals surface area contributed by atoms with E-state index in [9.17, 15) is 4.79 Å². The molecule has 1 aromatic carbocycles. The Balaban J connectivity index is 2.79. The highest BCUT2D eigenvalue weighted by Gasteiger charge is 2.18. The van der Waals surface area contributed by atoms with E-state index in [1.807, 2.05) is 19.1 Å². The fraction of sp³-hybridized carbons (Fsp3) is 0.533. The third kappa shape index (κ3) is 4.13. The molecule has 0 heterocycles. The predicted molar refractivity (Wildman–Crippen MR) is 78.9 cm³/mol. The van der Waals surface area contributed by atoms with Crippen molar-refractivity contribution in [3.05, 3.63) is 23.8 Å². The average molecular weight is 280 g/mol. The lowest BCUT2D eigenvalue weighted by Crippen LogP contribution is -2.41. The highest BCUT2D eigenvalue weighted by molar-refractivity contribution is 5.81. The van der Waals surface area contributed by atoms with Crippen LogP contribution in [0.5, 0.6) is 11.5 Å². The number of methoxy groups -OCH3 is 2. The molecule has 0 spiro atoms. The molecule has 0 saturated heterocycles. The van der Waals surface area contributed by atoms with Crippen LogP contribution in [0.2, 0.25) is 0 Å². The number of amides is 1. The molecule has 0 aliphatic heterocycles. The molecule has 0 bridgehead atoms. The molecular formula is C15H24N2O3. The van der Waals surface area contributed by atoms with Gasteiger partial charge in [-0.15, -0.1) is 0 Å². The van der Waals surface area contributed by atoms with Gasteiger partial charge in [-0.2, -0.15) is 0 Å². The number of nitrogens with two attached hydrogens (primary N) is 1. The first-order valence-corrected chi connectivity index (χ1v) is 6.74. The molecule has 0 radical (unpaired) electrons. The van der Waals surface area contributed by atoms with Crippen molar-refractivity contribution in [3.63, 3.8) is 0 Å². The fourth-order valence-electron chi connectivity index (χ4n) is 2.03. The molecule has 1 atom stereocenters. The number of hydrogen-bond acceptors (Lipinski definition) is 4. The summed E-state index contributed by atoms with van der Waals surface area (Å²) in [7, 11) is 4.96. The SMILES string of the molecule is CCCC(N)C(=O)N(C)Cc1ccc(OC)cc1OC. The van der Waals surface area contributed by atoms with E-state index in [1.54, 1.807) is 32.2 Å². The van der Waals surface area contributed by atoms with Gasteiger partial charge in [0, 0.05) is 25.2 Å². The molecule has 5 heteroatoms. The Kier molecular flexibility index (Phi) is 6.31. The predicted octanol–water partition coefficient (Wildman–Crippen LogP) is 1.79. The zero-order valence-corrected chi connectivity index (χ0v) is 12.7. The average Bonchev–Trinajstić information content (AvgIpc) is 2.46. The first-order chi connectivity index (χ1) is 9.53. The summed E-state index contributed by atoms with van der Waals surface area (Å²) in [5.74, 6) is 1.38. The Bertz CT molecular complexity index is 449. The number of hydrogen-bond donors (Lipinski definition) is 1. The van der Waals surface area contributed by atoms with Crippen molar-refractivity contribution >= 4 is 5.91 Å². The van der Waals surface area contributed by atoms with E-state index in [4.69, 9.17) is 15.2 Å². The van der Waals surface area contributed by atoms with Crippen LogP contribution in [0.15, 0.2) is 18.2 Å². The van der Waals surface area contributed by atoms with Crippen LogP contribution in [0, 0.1) is 0 Å². The third-order valence-corrected chi connectivity index (χ3v) is 3.19. The van der Waals surface area contributed by atoms with Gasteiger partial charge in [0.15, 0.2) is 0 Å². The molecule has 0 aliphatic carbocycles. The molecule has 112 valence electrons. The summed E-state index contributed by atoms with van der Waals surface area (Å²) in [5, 5.41) is 0. The number of benzene rings is 1. The van der Waals surface area contributed by atoms with Gasteiger partial charge in [0.05, 0.1) is 20.3 Å². The maximum Gasteiger partial charge on any atom is 0.239 e. The lowest BCUT2D eigenvalue weighted by atomic mass is 10.1. The van der Waals surface area contributed by atoms with Crippen LogP contribution in [0.1, 0.15) is 25.3 Å². The van der Waals surface area contributed by atoms with Crippen molar-refractivity contribution in [1.82, 2.24) is 4.90 Å². The van der Waals surface area contributed by atoms with Gasteiger partial charge in [0.25, 0.3) is 0 Å². The van der Waals surface area contributed by atoms with E-state index in [-0.39, 0.29) is 5.91 Å². The zero-order chi connectivity index (χ0) is 15.1. The van der Waals surface area contributed by atoms with Crippen LogP contribution in [-0.4, -0.2) is 38.1 Å². The van der Waals surface area contributed by atoms with E-state index in [0.717, 1.165) is 17.7 Å². The number of nitrogens with zero attached hydrogens (tertiary/aromatic N) is 1. The molecule has 1 amide bonds. The fourth-order valence-corrected chi connectivity index (χ4v) is 2.03. The Labute approximate surface area is 120 Å². The molecule has 0 saturated carbocycles. The second-order valence-electron chi connectivity index (χ2n) is 4.77. The number of carbonyl (C=O) groups excluding carboxylic acids is 1. The third-order valence-electron chi connectivity index (χ3n) is 3.19. The number of ether oxygens (including phenoxy) is 2. The Hall–Kier alpha value is -1.75. The summed E-state index contributed by atoms with van der Waals surface area (Å²) in [5.41, 5.74) is 6.78. The zero-order valence-electron chi connectivity index (χ0n) is 12.7. The second-order valence-corrected chi connectivity index (χ2v) is 4.77. The van der Waals surface area contributed by atoms with Gasteiger partial charge in [-0.05, 0) is 18.6 Å². The molecule has 1 aromatic rings. The first kappa shape index (κ1) is 16.3. The molecule has 20 heavy (non-hydrogen) atoms. The van der Waals surface area contributed by atoms with E-state index in [0.29, 0.717) is 18.7 Å². The number of rotatable bonds is 7. The molecule has 1 unspecified atom stereocenters. The van der Waals surface area contributed by atoms with Crippen LogP contribution in [0.25, 0.3) is 0 Å². The topological polar surface area (TPSA) is 64.8 Å². The van der Waals surface area contributed by atoms with Crippen LogP contribution in [0.3, 0.4) is 0 Å². The standard InChI is InChI=1S/C15H24N2O3/c1-5-6-13(16)15(18)17(2)10-11-7-8-12(19-3)9-14(11)20-4/h7-9,13H,5-6,10,16H2,1-4H3. The van der Waals surface area contributed by atoms with Crippen molar-refractivity contribution in [2.75, 3.05) is 21.3 Å². The van der Waals surface area contributed by atoms with Crippen molar-refractivity contribution in [1.29, 1.82) is 0 Å². The second kappa shape index (κ2) is 7.75. The molecule has 0 aromatic heterocycles. The van der Waals surface area contributed by atoms with Gasteiger partial charge in [-0.25, -0.2) is 0 Å². The Morgan fingerprint density at radius 1 is 1.35 bits per heavy atom. The van der Waals surface area contributed by atoms with E-state index < -0.39 is 6.04 Å². The quantitative estimate of drug-likeness (QED) is 0.827. The van der Waals surface area contributed by atoms with E-state index in [1.165, 1.54) is 0 Å². The van der Waals surface area contributed by atoms with Crippen LogP contribution >= 0.6 is 0 Å². The molecular weight excluding hydrogens is 256 g/mol. The van der Waals surface area contributed by atoms with Crippen LogP contribution < -0.4 is 15.2 Å². The number of likely N-dealkylation sites (N-methyl/N-ethyl adjacent to an activating group) is 1. The Morgan fingerprint density at radius 2 is 2.05 bits per heavy atom. The molecule has 0 aliphatic rings. The first-order valence-electron chi connectivity index (χ1n) is 6.74. The summed E-state index contributed by atoms with van der Waals surface area (Å²) >= 11 is 0. The normalized spacial score (nSPS) is 11.8. The summed E-state index contributed by atoms with van der Waals surface area (Å²) in [6, 6.07) is 5.11. The molecule has 2 N–H and O–H groups in total. The van der Waals surface area contributed by atoms with Gasteiger partial charge >= 0.3 is 0 Å². The molecule has 5 nitrogen and oxygen atoms in total. The lowest BCUT2D eigenvalue weighted by molar-refractivity contribution is -0.132. The van der Waals surface area contributed by atoms with Crippen molar-refractivity contribution in [2.45, 2.75) is 32.4 Å². The van der Waals surface area contributed by atoms with Crippen molar-refractivity contribution in [3.8, 4) is 11.5 Å². The minimum absolute atomic E-state index is 0.0512. The highest BCUT2D eigenvalue weighted by atomic mass is 16.5. The highest BCUT2D eigenvalue weighted by Crippen LogP contribution is 2.25. The minimum atomic E-state index is -0.436. The summed E-state index contributed by atoms with van der Waals surface area (Å²) in [4.78, 5) is 13.7. The summed E-state index contributed by atoms with van der Waals surface area (Å²) < 4.78 is 10.5. The Morgan fingerprint density at radius 3 is 2.60 bits per heavy atom. The van der Waals surface area contributed by atoms with Gasteiger partial charge in [-0.1, -0.05) is 13.3 Å². The van der Waals surface area contributed by atoms with Crippen LogP contribution in [0.4, 0.5) is 0 Å². The summed E-state index contributed by atoms with van der Waals surface area (Å²) in [6.07, 6.45) is 1.59. The minimum Gasteiger partial charge on any atom is -0.497 e. The largest absolute Gasteiger partial charge is 0.497 e. The van der Waals surface area contributed by atoms with Crippen molar-refractivity contribution in [2.24, 2.45) is 5.73 Å². The van der Waals surface area contributed by atoms with Gasteiger partial charge in [0.1, 0.15) is 11.5 Å². The van der Waals surface area contributed by atoms with Gasteiger partial charge in [-0.3, -0.25) is 4.79 Å². The molecule has 0 fully saturated rings. The monoisotopic (exact) mass is 280 g/mol. The van der Waals surface area contributed by atoms with E-state index >= 15 is 0 Å². The molecule has 1 rings (SSSR count). The van der Waals surface area contributed by atoms with Crippen molar-refractivity contribution < 1.29 is 14.3 Å². The maximum absolute atomic E-state index is 12.1. The van der Waals surface area contributed by atoms with E-state index in [2.05, 4.69) is 0 Å².